The zero-order chi connectivity index (χ0) is 15.0. The Balaban J connectivity index is 2.10. The minimum atomic E-state index is -0.512. The van der Waals surface area contributed by atoms with E-state index in [9.17, 15) is 9.18 Å². The molecule has 0 amide bonds. The normalized spacial score (nSPS) is 15.0. The molecule has 0 saturated heterocycles. The van der Waals surface area contributed by atoms with Crippen LogP contribution in [0.4, 0.5) is 4.39 Å². The summed E-state index contributed by atoms with van der Waals surface area (Å²) in [5.74, 6) is -0.300. The van der Waals surface area contributed by atoms with E-state index in [4.69, 9.17) is 5.73 Å². The summed E-state index contributed by atoms with van der Waals surface area (Å²) in [6, 6.07) is 7.47. The lowest BCUT2D eigenvalue weighted by Gasteiger charge is -2.17. The van der Waals surface area contributed by atoms with Gasteiger partial charge in [0.1, 0.15) is 5.82 Å². The molecule has 3 nitrogen and oxygen atoms in total. The summed E-state index contributed by atoms with van der Waals surface area (Å²) < 4.78 is 14.9. The van der Waals surface area contributed by atoms with Gasteiger partial charge in [-0.25, -0.2) is 4.39 Å². The van der Waals surface area contributed by atoms with Gasteiger partial charge in [0.15, 0.2) is 0 Å². The highest BCUT2D eigenvalue weighted by atomic mass is 19.1. The van der Waals surface area contributed by atoms with E-state index in [0.717, 1.165) is 30.5 Å². The van der Waals surface area contributed by atoms with Crippen molar-refractivity contribution in [2.45, 2.75) is 38.8 Å². The molecule has 4 heteroatoms. The molecule has 1 unspecified atom stereocenters. The number of nitrogens with two attached hydrogens (primary N) is 1. The third-order valence-corrected chi connectivity index (χ3v) is 4.26. The molecule has 3 rings (SSSR count). The van der Waals surface area contributed by atoms with Gasteiger partial charge in [0.25, 0.3) is 5.56 Å². The lowest BCUT2D eigenvalue weighted by molar-refractivity contribution is 0.625. The van der Waals surface area contributed by atoms with Gasteiger partial charge >= 0.3 is 0 Å². The van der Waals surface area contributed by atoms with E-state index in [1.165, 1.54) is 17.7 Å². The quantitative estimate of drug-likeness (QED) is 0.942. The molecule has 0 bridgehead atoms. The molecule has 21 heavy (non-hydrogen) atoms. The largest absolute Gasteiger partial charge is 0.320 e. The minimum Gasteiger partial charge on any atom is -0.320 e. The summed E-state index contributed by atoms with van der Waals surface area (Å²) in [7, 11) is 0. The van der Waals surface area contributed by atoms with Gasteiger partial charge in [-0.2, -0.15) is 0 Å². The second-order valence-electron chi connectivity index (χ2n) is 5.50. The molecule has 0 aliphatic heterocycles. The highest BCUT2D eigenvalue weighted by Crippen LogP contribution is 2.25. The van der Waals surface area contributed by atoms with Gasteiger partial charge in [-0.15, -0.1) is 0 Å². The van der Waals surface area contributed by atoms with Crippen molar-refractivity contribution in [3.8, 4) is 0 Å². The zero-order valence-electron chi connectivity index (χ0n) is 12.1. The van der Waals surface area contributed by atoms with Crippen LogP contribution in [-0.2, 0) is 19.4 Å². The van der Waals surface area contributed by atoms with Crippen molar-refractivity contribution < 1.29 is 4.39 Å². The molecule has 0 radical (unpaired) electrons. The maximum absolute atomic E-state index is 13.0. The first-order chi connectivity index (χ1) is 10.1. The number of aromatic nitrogens is 1. The summed E-state index contributed by atoms with van der Waals surface area (Å²) >= 11 is 0. The van der Waals surface area contributed by atoms with Crippen molar-refractivity contribution in [1.29, 1.82) is 0 Å². The Morgan fingerprint density at radius 3 is 2.67 bits per heavy atom. The van der Waals surface area contributed by atoms with Crippen LogP contribution in [0.3, 0.4) is 0 Å². The van der Waals surface area contributed by atoms with Gasteiger partial charge in [-0.1, -0.05) is 12.1 Å². The SMILES string of the molecule is CCn1c2c(cc(C(N)c3ccc(F)cc3)c1=O)CCC2. The van der Waals surface area contributed by atoms with Crippen LogP contribution in [-0.4, -0.2) is 4.57 Å². The number of halogens is 1. The van der Waals surface area contributed by atoms with E-state index in [1.54, 1.807) is 12.1 Å². The van der Waals surface area contributed by atoms with Gasteiger partial charge in [-0.3, -0.25) is 4.79 Å². The van der Waals surface area contributed by atoms with E-state index < -0.39 is 6.04 Å². The van der Waals surface area contributed by atoms with Crippen LogP contribution >= 0.6 is 0 Å². The fraction of sp³-hybridized carbons (Fsp3) is 0.353. The summed E-state index contributed by atoms with van der Waals surface area (Å²) in [6.45, 7) is 2.64. The predicted molar refractivity (Wildman–Crippen MR) is 80.8 cm³/mol. The molecule has 0 fully saturated rings. The molecule has 2 N–H and O–H groups in total. The Morgan fingerprint density at radius 2 is 2.00 bits per heavy atom. The smallest absolute Gasteiger partial charge is 0.255 e. The zero-order valence-corrected chi connectivity index (χ0v) is 12.1. The molecule has 0 spiro atoms. The topological polar surface area (TPSA) is 48.0 Å². The van der Waals surface area contributed by atoms with Gasteiger partial charge in [0, 0.05) is 17.8 Å². The van der Waals surface area contributed by atoms with Crippen molar-refractivity contribution in [2.75, 3.05) is 0 Å². The highest BCUT2D eigenvalue weighted by Gasteiger charge is 2.21. The Morgan fingerprint density at radius 1 is 1.29 bits per heavy atom. The van der Waals surface area contributed by atoms with Gasteiger partial charge in [0.2, 0.25) is 0 Å². The number of aryl methyl sites for hydroxylation is 1. The standard InChI is InChI=1S/C17H19FN2O/c1-2-20-15-5-3-4-12(15)10-14(17(20)21)16(19)11-6-8-13(18)9-7-11/h6-10,16H,2-5,19H2,1H3. The molecule has 1 aromatic heterocycles. The third kappa shape index (κ3) is 2.40. The van der Waals surface area contributed by atoms with Crippen LogP contribution in [0, 0.1) is 5.82 Å². The average Bonchev–Trinajstić information content (AvgIpc) is 2.95. The van der Waals surface area contributed by atoms with Gasteiger partial charge < -0.3 is 10.3 Å². The number of pyridine rings is 1. The molecule has 1 aliphatic rings. The molecular formula is C17H19FN2O. The van der Waals surface area contributed by atoms with Crippen LogP contribution in [0.1, 0.15) is 41.8 Å². The first kappa shape index (κ1) is 14.0. The van der Waals surface area contributed by atoms with Crippen molar-refractivity contribution in [1.82, 2.24) is 4.57 Å². The van der Waals surface area contributed by atoms with Crippen molar-refractivity contribution in [2.24, 2.45) is 5.73 Å². The van der Waals surface area contributed by atoms with Gasteiger partial charge in [-0.05, 0) is 55.5 Å². The number of benzene rings is 1. The Labute approximate surface area is 123 Å². The average molecular weight is 286 g/mol. The Hall–Kier alpha value is -1.94. The third-order valence-electron chi connectivity index (χ3n) is 4.26. The minimum absolute atomic E-state index is 0.0185. The maximum atomic E-state index is 13.0. The monoisotopic (exact) mass is 286 g/mol. The summed E-state index contributed by atoms with van der Waals surface area (Å²) in [4.78, 5) is 12.7. The summed E-state index contributed by atoms with van der Waals surface area (Å²) in [5, 5.41) is 0. The fourth-order valence-corrected chi connectivity index (χ4v) is 3.15. The molecule has 0 saturated carbocycles. The molecule has 1 atom stereocenters. The molecule has 2 aromatic rings. The van der Waals surface area contributed by atoms with Crippen LogP contribution < -0.4 is 11.3 Å². The number of nitrogens with zero attached hydrogens (tertiary/aromatic N) is 1. The van der Waals surface area contributed by atoms with E-state index in [2.05, 4.69) is 0 Å². The van der Waals surface area contributed by atoms with Crippen LogP contribution in [0.2, 0.25) is 0 Å². The van der Waals surface area contributed by atoms with Gasteiger partial charge in [0.05, 0.1) is 6.04 Å². The summed E-state index contributed by atoms with van der Waals surface area (Å²) in [6.07, 6.45) is 3.05. The van der Waals surface area contributed by atoms with Crippen molar-refractivity contribution >= 4 is 0 Å². The molecule has 1 aromatic carbocycles. The van der Waals surface area contributed by atoms with E-state index in [0.29, 0.717) is 12.1 Å². The first-order valence-electron chi connectivity index (χ1n) is 7.38. The second kappa shape index (κ2) is 5.45. The number of hydrogen-bond donors (Lipinski definition) is 1. The number of fused-ring (bicyclic) bond motifs is 1. The predicted octanol–water partition coefficient (Wildman–Crippen LogP) is 2.54. The van der Waals surface area contributed by atoms with Crippen LogP contribution in [0.25, 0.3) is 0 Å². The lowest BCUT2D eigenvalue weighted by atomic mass is 9.98. The van der Waals surface area contributed by atoms with E-state index in [-0.39, 0.29) is 11.4 Å². The highest BCUT2D eigenvalue weighted by molar-refractivity contribution is 5.36. The second-order valence-corrected chi connectivity index (χ2v) is 5.50. The van der Waals surface area contributed by atoms with Crippen molar-refractivity contribution in [3.63, 3.8) is 0 Å². The van der Waals surface area contributed by atoms with Crippen LogP contribution in [0.15, 0.2) is 35.1 Å². The molecule has 110 valence electrons. The molecule has 1 aliphatic carbocycles. The Kier molecular flexibility index (Phi) is 3.64. The fourth-order valence-electron chi connectivity index (χ4n) is 3.15. The van der Waals surface area contributed by atoms with E-state index in [1.807, 2.05) is 17.6 Å². The molecular weight excluding hydrogens is 267 g/mol. The number of hydrogen-bond acceptors (Lipinski definition) is 2. The van der Waals surface area contributed by atoms with E-state index >= 15 is 0 Å². The first-order valence-corrected chi connectivity index (χ1v) is 7.38. The number of rotatable bonds is 3. The maximum Gasteiger partial charge on any atom is 0.255 e. The lowest BCUT2D eigenvalue weighted by Crippen LogP contribution is -2.30. The molecule has 1 heterocycles. The van der Waals surface area contributed by atoms with Crippen LogP contribution in [0.5, 0.6) is 0 Å². The van der Waals surface area contributed by atoms with Crippen molar-refractivity contribution in [3.05, 3.63) is 68.9 Å². The Bertz CT molecular complexity index is 719. The summed E-state index contributed by atoms with van der Waals surface area (Å²) in [5.41, 5.74) is 9.97.